The number of amides is 1. The second-order valence-electron chi connectivity index (χ2n) is 4.74. The van der Waals surface area contributed by atoms with Gasteiger partial charge in [-0.05, 0) is 26.0 Å². The summed E-state index contributed by atoms with van der Waals surface area (Å²) in [5, 5.41) is 8.52. The van der Waals surface area contributed by atoms with Gasteiger partial charge in [0.15, 0.2) is 0 Å². The summed E-state index contributed by atoms with van der Waals surface area (Å²) in [5.41, 5.74) is 0.758. The van der Waals surface area contributed by atoms with Crippen LogP contribution in [-0.2, 0) is 4.79 Å². The summed E-state index contributed by atoms with van der Waals surface area (Å²) >= 11 is 1.39. The number of hydrogen-bond donors (Lipinski definition) is 0. The van der Waals surface area contributed by atoms with Gasteiger partial charge in [-0.15, -0.1) is 10.2 Å². The van der Waals surface area contributed by atoms with Crippen molar-refractivity contribution >= 4 is 17.7 Å². The van der Waals surface area contributed by atoms with E-state index in [0.29, 0.717) is 29.0 Å². The summed E-state index contributed by atoms with van der Waals surface area (Å²) in [4.78, 5) is 13.7. The van der Waals surface area contributed by atoms with Crippen LogP contribution in [-0.4, -0.2) is 47.0 Å². The topological polar surface area (TPSA) is 68.5 Å². The molecule has 1 aromatic carbocycles. The van der Waals surface area contributed by atoms with Crippen molar-refractivity contribution in [2.75, 3.05) is 26.0 Å². The van der Waals surface area contributed by atoms with Gasteiger partial charge in [0.25, 0.3) is 11.1 Å². The van der Waals surface area contributed by atoms with Crippen molar-refractivity contribution in [3.8, 4) is 17.2 Å². The number of ether oxygens (including phenoxy) is 1. The molecule has 7 heteroatoms. The highest BCUT2D eigenvalue weighted by atomic mass is 32.2. The lowest BCUT2D eigenvalue weighted by molar-refractivity contribution is -0.130. The maximum absolute atomic E-state index is 11.9. The summed E-state index contributed by atoms with van der Waals surface area (Å²) in [6.07, 6.45) is 0.457. The summed E-state index contributed by atoms with van der Waals surface area (Å²) in [5.74, 6) is 1.86. The average molecular weight is 335 g/mol. The molecule has 0 saturated heterocycles. The van der Waals surface area contributed by atoms with E-state index < -0.39 is 0 Å². The summed E-state index contributed by atoms with van der Waals surface area (Å²) < 4.78 is 10.9. The van der Waals surface area contributed by atoms with Gasteiger partial charge in [-0.1, -0.05) is 23.9 Å². The van der Waals surface area contributed by atoms with Crippen molar-refractivity contribution in [2.45, 2.75) is 25.5 Å². The van der Waals surface area contributed by atoms with E-state index >= 15 is 0 Å². The Kier molecular flexibility index (Phi) is 6.46. The largest absolute Gasteiger partial charge is 0.496 e. The second-order valence-corrected chi connectivity index (χ2v) is 5.78. The molecular weight excluding hydrogens is 314 g/mol. The van der Waals surface area contributed by atoms with Crippen LogP contribution in [0.4, 0.5) is 0 Å². The van der Waals surface area contributed by atoms with Crippen molar-refractivity contribution in [1.82, 2.24) is 15.1 Å². The number of aromatic nitrogens is 2. The fraction of sp³-hybridized carbons (Fsp3) is 0.438. The second kappa shape index (κ2) is 8.57. The van der Waals surface area contributed by atoms with Crippen molar-refractivity contribution in [1.29, 1.82) is 0 Å². The van der Waals surface area contributed by atoms with E-state index in [1.54, 1.807) is 7.11 Å². The van der Waals surface area contributed by atoms with Gasteiger partial charge >= 0.3 is 0 Å². The average Bonchev–Trinajstić information content (AvgIpc) is 3.04. The number of thioether (sulfide) groups is 1. The number of carbonyl (C=O) groups excluding carboxylic acids is 1. The van der Waals surface area contributed by atoms with Gasteiger partial charge in [-0.2, -0.15) is 0 Å². The van der Waals surface area contributed by atoms with Gasteiger partial charge in [-0.3, -0.25) is 4.79 Å². The van der Waals surface area contributed by atoms with Crippen LogP contribution in [0.15, 0.2) is 33.9 Å². The molecule has 1 aromatic heterocycles. The van der Waals surface area contributed by atoms with Crippen LogP contribution < -0.4 is 4.74 Å². The zero-order valence-electron chi connectivity index (χ0n) is 13.6. The van der Waals surface area contributed by atoms with Gasteiger partial charge in [0.05, 0.1) is 12.7 Å². The molecule has 0 aliphatic heterocycles. The molecule has 0 N–H and O–H groups in total. The molecule has 0 saturated carbocycles. The maximum Gasteiger partial charge on any atom is 0.276 e. The van der Waals surface area contributed by atoms with Crippen LogP contribution in [0, 0.1) is 0 Å². The third-order valence-electron chi connectivity index (χ3n) is 3.40. The van der Waals surface area contributed by atoms with Crippen molar-refractivity contribution in [3.05, 3.63) is 24.3 Å². The SMILES string of the molecule is CCN(CC)C(=O)CCSc1nnc(-c2ccccc2OC)o1. The lowest BCUT2D eigenvalue weighted by atomic mass is 10.2. The number of methoxy groups -OCH3 is 1. The predicted octanol–water partition coefficient (Wildman–Crippen LogP) is 3.10. The molecule has 0 spiro atoms. The van der Waals surface area contributed by atoms with E-state index in [1.807, 2.05) is 43.0 Å². The summed E-state index contributed by atoms with van der Waals surface area (Å²) in [6.45, 7) is 5.43. The smallest absolute Gasteiger partial charge is 0.276 e. The Morgan fingerprint density at radius 3 is 2.70 bits per heavy atom. The van der Waals surface area contributed by atoms with Crippen LogP contribution in [0.5, 0.6) is 5.75 Å². The van der Waals surface area contributed by atoms with Crippen molar-refractivity contribution in [2.24, 2.45) is 0 Å². The molecule has 0 aliphatic carbocycles. The molecule has 0 radical (unpaired) electrons. The van der Waals surface area contributed by atoms with Crippen LogP contribution >= 0.6 is 11.8 Å². The first-order chi connectivity index (χ1) is 11.2. The van der Waals surface area contributed by atoms with Crippen LogP contribution in [0.3, 0.4) is 0 Å². The van der Waals surface area contributed by atoms with Crippen LogP contribution in [0.2, 0.25) is 0 Å². The van der Waals surface area contributed by atoms with E-state index in [4.69, 9.17) is 9.15 Å². The Labute approximate surface area is 140 Å². The van der Waals surface area contributed by atoms with E-state index in [-0.39, 0.29) is 5.91 Å². The Bertz CT molecular complexity index is 641. The number of nitrogens with zero attached hydrogens (tertiary/aromatic N) is 3. The van der Waals surface area contributed by atoms with Crippen molar-refractivity contribution < 1.29 is 13.9 Å². The number of para-hydroxylation sites is 1. The highest BCUT2D eigenvalue weighted by Crippen LogP contribution is 2.30. The summed E-state index contributed by atoms with van der Waals surface area (Å²) in [6, 6.07) is 7.48. The zero-order valence-corrected chi connectivity index (χ0v) is 14.4. The first kappa shape index (κ1) is 17.3. The predicted molar refractivity (Wildman–Crippen MR) is 89.6 cm³/mol. The Morgan fingerprint density at radius 1 is 1.26 bits per heavy atom. The Balaban J connectivity index is 1.94. The monoisotopic (exact) mass is 335 g/mol. The Hall–Kier alpha value is -2.02. The molecule has 0 bridgehead atoms. The molecule has 0 aliphatic rings. The number of carbonyl (C=O) groups is 1. The molecular formula is C16H21N3O3S. The molecule has 124 valence electrons. The summed E-state index contributed by atoms with van der Waals surface area (Å²) in [7, 11) is 1.60. The fourth-order valence-electron chi connectivity index (χ4n) is 2.16. The molecule has 0 atom stereocenters. The van der Waals surface area contributed by atoms with Gasteiger partial charge in [-0.25, -0.2) is 0 Å². The lowest BCUT2D eigenvalue weighted by Gasteiger charge is -2.17. The molecule has 6 nitrogen and oxygen atoms in total. The molecule has 1 amide bonds. The van der Waals surface area contributed by atoms with Crippen LogP contribution in [0.1, 0.15) is 20.3 Å². The first-order valence-electron chi connectivity index (χ1n) is 7.57. The van der Waals surface area contributed by atoms with Gasteiger partial charge in [0, 0.05) is 25.3 Å². The van der Waals surface area contributed by atoms with Gasteiger partial charge in [0.2, 0.25) is 5.91 Å². The minimum atomic E-state index is 0.145. The molecule has 0 fully saturated rings. The minimum Gasteiger partial charge on any atom is -0.496 e. The third kappa shape index (κ3) is 4.48. The lowest BCUT2D eigenvalue weighted by Crippen LogP contribution is -2.30. The Morgan fingerprint density at radius 2 is 2.00 bits per heavy atom. The number of benzene rings is 1. The van der Waals surface area contributed by atoms with E-state index in [9.17, 15) is 4.79 Å². The number of rotatable bonds is 8. The molecule has 23 heavy (non-hydrogen) atoms. The molecule has 2 rings (SSSR count). The number of hydrogen-bond acceptors (Lipinski definition) is 6. The highest BCUT2D eigenvalue weighted by molar-refractivity contribution is 7.99. The quantitative estimate of drug-likeness (QED) is 0.691. The van der Waals surface area contributed by atoms with Crippen molar-refractivity contribution in [3.63, 3.8) is 0 Å². The molecule has 0 unspecified atom stereocenters. The van der Waals surface area contributed by atoms with Crippen LogP contribution in [0.25, 0.3) is 11.5 Å². The zero-order chi connectivity index (χ0) is 16.7. The van der Waals surface area contributed by atoms with E-state index in [1.165, 1.54) is 11.8 Å². The third-order valence-corrected chi connectivity index (χ3v) is 4.22. The van der Waals surface area contributed by atoms with Gasteiger partial charge in [0.1, 0.15) is 5.75 Å². The van der Waals surface area contributed by atoms with E-state index in [2.05, 4.69) is 10.2 Å². The fourth-order valence-corrected chi connectivity index (χ4v) is 2.85. The highest BCUT2D eigenvalue weighted by Gasteiger charge is 2.14. The van der Waals surface area contributed by atoms with E-state index in [0.717, 1.165) is 18.7 Å². The standard InChI is InChI=1S/C16H21N3O3S/c1-4-19(5-2)14(20)10-11-23-16-18-17-15(22-16)12-8-6-7-9-13(12)21-3/h6-9H,4-5,10-11H2,1-3H3. The minimum absolute atomic E-state index is 0.145. The first-order valence-corrected chi connectivity index (χ1v) is 8.55. The molecule has 2 aromatic rings. The molecule has 1 heterocycles. The maximum atomic E-state index is 11.9. The van der Waals surface area contributed by atoms with Gasteiger partial charge < -0.3 is 14.1 Å². The normalized spacial score (nSPS) is 10.6.